The van der Waals surface area contributed by atoms with E-state index < -0.39 is 10.0 Å². The second-order valence-corrected chi connectivity index (χ2v) is 4.86. The molecule has 5 nitrogen and oxygen atoms in total. The fraction of sp³-hybridized carbons (Fsp3) is 1.00. The van der Waals surface area contributed by atoms with Crippen LogP contribution in [0.2, 0.25) is 6.04 Å². The first kappa shape index (κ1) is 12.5. The topological polar surface area (TPSA) is 82.9 Å². The van der Waals surface area contributed by atoms with Crippen molar-refractivity contribution < 1.29 is 8.42 Å². The molecule has 3 radical (unpaired) electrons. The molecule has 0 aliphatic rings. The summed E-state index contributed by atoms with van der Waals surface area (Å²) in [5, 5.41) is 0. The third-order valence-corrected chi connectivity index (χ3v) is 2.97. The van der Waals surface area contributed by atoms with E-state index in [1.165, 1.54) is 0 Å². The molecule has 73 valence electrons. The van der Waals surface area contributed by atoms with E-state index in [9.17, 15) is 8.42 Å². The third-order valence-electron chi connectivity index (χ3n) is 1.49. The molecule has 13 heavy (non-hydrogen) atoms. The molecule has 0 amide bonds. The van der Waals surface area contributed by atoms with E-state index in [1.54, 1.807) is 0 Å². The summed E-state index contributed by atoms with van der Waals surface area (Å²) in [5.74, 6) is -0.0429. The second kappa shape index (κ2) is 6.94. The molecule has 0 aromatic rings. The first-order chi connectivity index (χ1) is 6.12. The van der Waals surface area contributed by atoms with Gasteiger partial charge in [0.25, 0.3) is 0 Å². The molecule has 7 heteroatoms. The summed E-state index contributed by atoms with van der Waals surface area (Å²) < 4.78 is 24.4. The Morgan fingerprint density at radius 1 is 1.23 bits per heavy atom. The number of unbranched alkanes of at least 4 members (excludes halogenated alkanes) is 3. The summed E-state index contributed by atoms with van der Waals surface area (Å²) >= 11 is 0. The molecule has 0 aliphatic carbocycles. The van der Waals surface area contributed by atoms with Gasteiger partial charge in [-0.3, -0.25) is 0 Å². The summed E-state index contributed by atoms with van der Waals surface area (Å²) in [4.78, 5) is 2.25. The van der Waals surface area contributed by atoms with Crippen LogP contribution >= 0.6 is 0 Å². The third kappa shape index (κ3) is 7.83. The van der Waals surface area contributed by atoms with E-state index in [4.69, 9.17) is 5.53 Å². The van der Waals surface area contributed by atoms with Crippen LogP contribution in [0.1, 0.15) is 25.7 Å². The molecule has 0 N–H and O–H groups in total. The normalized spacial score (nSPS) is 10.8. The summed E-state index contributed by atoms with van der Waals surface area (Å²) in [6.45, 7) is 0. The van der Waals surface area contributed by atoms with Crippen LogP contribution in [-0.4, -0.2) is 24.4 Å². The van der Waals surface area contributed by atoms with E-state index in [0.717, 1.165) is 25.3 Å². The molecule has 0 rings (SSSR count). The van der Waals surface area contributed by atoms with Gasteiger partial charge in [0.2, 0.25) is 10.0 Å². The van der Waals surface area contributed by atoms with Crippen LogP contribution in [0.4, 0.5) is 0 Å². The minimum Gasteiger partial charge on any atom is -0.221 e. The van der Waals surface area contributed by atoms with Gasteiger partial charge < -0.3 is 0 Å². The molecule has 0 spiro atoms. The van der Waals surface area contributed by atoms with Crippen molar-refractivity contribution in [1.29, 1.82) is 0 Å². The average Bonchev–Trinajstić information content (AvgIpc) is 2.04. The fourth-order valence-electron chi connectivity index (χ4n) is 0.859. The lowest BCUT2D eigenvalue weighted by molar-refractivity contribution is 0.590. The molecule has 0 aromatic carbocycles. The van der Waals surface area contributed by atoms with Crippen LogP contribution in [0.5, 0.6) is 0 Å². The van der Waals surface area contributed by atoms with Gasteiger partial charge in [0.1, 0.15) is 0 Å². The zero-order valence-electron chi connectivity index (χ0n) is 7.31. The maximum atomic E-state index is 10.8. The molecule has 0 saturated heterocycles. The Hall–Kier alpha value is -0.523. The molecule has 0 unspecified atom stereocenters. The van der Waals surface area contributed by atoms with Crippen LogP contribution < -0.4 is 0 Å². The summed E-state index contributed by atoms with van der Waals surface area (Å²) in [7, 11) is -0.198. The predicted octanol–water partition coefficient (Wildman–Crippen LogP) is 1.77. The van der Waals surface area contributed by atoms with Gasteiger partial charge in [0.05, 0.1) is 5.75 Å². The van der Waals surface area contributed by atoms with Gasteiger partial charge in [-0.1, -0.05) is 25.3 Å². The summed E-state index contributed by atoms with van der Waals surface area (Å²) in [6.07, 6.45) is 3.45. The monoisotopic (exact) mass is 218 g/mol. The van der Waals surface area contributed by atoms with Crippen LogP contribution in [0.15, 0.2) is 4.52 Å². The van der Waals surface area contributed by atoms with Crippen molar-refractivity contribution in [2.75, 3.05) is 5.75 Å². The van der Waals surface area contributed by atoms with Crippen molar-refractivity contribution in [2.45, 2.75) is 31.7 Å². The maximum Gasteiger partial charge on any atom is 0.235 e. The molecular formula is C6H12N3O2SSi. The van der Waals surface area contributed by atoms with Crippen LogP contribution in [-0.2, 0) is 10.0 Å². The number of nitrogens with zero attached hydrogens (tertiary/aromatic N) is 3. The zero-order valence-corrected chi connectivity index (χ0v) is 9.13. The van der Waals surface area contributed by atoms with Gasteiger partial charge in [-0.05, 0) is 12.0 Å². The van der Waals surface area contributed by atoms with E-state index in [2.05, 4.69) is 19.7 Å². The SMILES string of the molecule is [N-]=[N+]=NS(=O)(=O)CCCCCC[Si]. The Morgan fingerprint density at radius 2 is 1.85 bits per heavy atom. The van der Waals surface area contributed by atoms with Crippen molar-refractivity contribution >= 4 is 20.3 Å². The minimum atomic E-state index is -3.52. The standard InChI is InChI=1S/C6H12N3O2SSi/c7-8-9-12(10,11)5-3-1-2-4-6-13/h1-6H2. The first-order valence-electron chi connectivity index (χ1n) is 4.06. The van der Waals surface area contributed by atoms with Crippen LogP contribution in [0.3, 0.4) is 0 Å². The molecule has 0 saturated carbocycles. The van der Waals surface area contributed by atoms with Crippen molar-refractivity contribution in [3.8, 4) is 0 Å². The number of rotatable bonds is 7. The van der Waals surface area contributed by atoms with Gasteiger partial charge in [-0.15, -0.1) is 0 Å². The Bertz CT molecular complexity index is 272. The lowest BCUT2D eigenvalue weighted by atomic mass is 10.2. The Balaban J connectivity index is 3.59. The molecular weight excluding hydrogens is 206 g/mol. The highest BCUT2D eigenvalue weighted by atomic mass is 32.2. The number of sulfonamides is 1. The largest absolute Gasteiger partial charge is 0.235 e. The second-order valence-electron chi connectivity index (χ2n) is 2.62. The number of hydrogen-bond donors (Lipinski definition) is 0. The molecule has 0 atom stereocenters. The molecule has 0 aromatic heterocycles. The summed E-state index contributed by atoms with van der Waals surface area (Å²) in [5.41, 5.74) is 7.92. The van der Waals surface area contributed by atoms with Crippen LogP contribution in [0.25, 0.3) is 10.4 Å². The Morgan fingerprint density at radius 3 is 2.38 bits per heavy atom. The molecule has 0 heterocycles. The van der Waals surface area contributed by atoms with Gasteiger partial charge in [-0.2, -0.15) is 0 Å². The average molecular weight is 218 g/mol. The minimum absolute atomic E-state index is 0.0429. The lowest BCUT2D eigenvalue weighted by Crippen LogP contribution is -2.00. The van der Waals surface area contributed by atoms with Gasteiger partial charge in [0, 0.05) is 19.7 Å². The first-order valence-corrected chi connectivity index (χ1v) is 6.37. The van der Waals surface area contributed by atoms with Crippen molar-refractivity contribution in [3.05, 3.63) is 10.4 Å². The van der Waals surface area contributed by atoms with Gasteiger partial charge in [0.15, 0.2) is 0 Å². The smallest absolute Gasteiger partial charge is 0.221 e. The molecule has 0 aliphatic heterocycles. The quantitative estimate of drug-likeness (QED) is 0.214. The van der Waals surface area contributed by atoms with Crippen molar-refractivity contribution in [2.24, 2.45) is 4.52 Å². The number of azide groups is 1. The van der Waals surface area contributed by atoms with E-state index in [-0.39, 0.29) is 5.75 Å². The van der Waals surface area contributed by atoms with Gasteiger partial charge >= 0.3 is 0 Å². The Labute approximate surface area is 81.6 Å². The molecule has 0 fully saturated rings. The van der Waals surface area contributed by atoms with E-state index in [1.807, 2.05) is 0 Å². The fourth-order valence-corrected chi connectivity index (χ4v) is 1.87. The van der Waals surface area contributed by atoms with Gasteiger partial charge in [-0.25, -0.2) is 8.42 Å². The molecule has 0 bridgehead atoms. The highest BCUT2D eigenvalue weighted by Gasteiger charge is 2.05. The summed E-state index contributed by atoms with van der Waals surface area (Å²) in [6, 6.07) is 0.934. The van der Waals surface area contributed by atoms with Crippen molar-refractivity contribution in [1.82, 2.24) is 0 Å². The van der Waals surface area contributed by atoms with Crippen molar-refractivity contribution in [3.63, 3.8) is 0 Å². The maximum absolute atomic E-state index is 10.8. The lowest BCUT2D eigenvalue weighted by Gasteiger charge is -1.97. The van der Waals surface area contributed by atoms with Crippen LogP contribution in [0, 0.1) is 0 Å². The highest BCUT2D eigenvalue weighted by Crippen LogP contribution is 2.05. The predicted molar refractivity (Wildman–Crippen MR) is 52.0 cm³/mol. The highest BCUT2D eigenvalue weighted by molar-refractivity contribution is 7.89. The number of hydrogen-bond acceptors (Lipinski definition) is 2. The van der Waals surface area contributed by atoms with E-state index in [0.29, 0.717) is 6.42 Å². The zero-order chi connectivity index (χ0) is 10.2. The van der Waals surface area contributed by atoms with E-state index >= 15 is 0 Å². The Kier molecular flexibility index (Phi) is 6.66.